The van der Waals surface area contributed by atoms with Gasteiger partial charge in [0.2, 0.25) is 0 Å². The van der Waals surface area contributed by atoms with Crippen LogP contribution in [0, 0.1) is 0 Å². The van der Waals surface area contributed by atoms with E-state index in [-0.39, 0.29) is 5.75 Å². The minimum absolute atomic E-state index is 0.160. The van der Waals surface area contributed by atoms with Crippen LogP contribution in [0.2, 0.25) is 0 Å². The molecule has 1 heterocycles. The average molecular weight is 258 g/mol. The maximum Gasteiger partial charge on any atom is 0.326 e. The molecule has 0 aliphatic rings. The highest BCUT2D eigenvalue weighted by Gasteiger charge is 2.18. The number of benzene rings is 1. The minimum Gasteiger partial charge on any atom is -0.508 e. The number of aliphatic carboxylic acids is 1. The molecule has 0 aliphatic heterocycles. The molecule has 3 N–H and O–H groups in total. The zero-order valence-corrected chi connectivity index (χ0v) is 10.2. The summed E-state index contributed by atoms with van der Waals surface area (Å²) in [6.07, 6.45) is 1.91. The molecule has 1 atom stereocenters. The molecule has 19 heavy (non-hydrogen) atoms. The number of pyridine rings is 1. The zero-order chi connectivity index (χ0) is 13.7. The van der Waals surface area contributed by atoms with E-state index in [4.69, 9.17) is 0 Å². The van der Waals surface area contributed by atoms with E-state index in [1.165, 1.54) is 12.1 Å². The standard InChI is InChI=1S/C14H14N2O3/c17-11-6-4-10(5-7-11)9-12(14(18)19)16-13-3-1-2-8-15-13/h1-8,12,17H,9H2,(H,15,16)(H,18,19)/t12-/m0/s1. The van der Waals surface area contributed by atoms with Gasteiger partial charge in [0.25, 0.3) is 0 Å². The molecular weight excluding hydrogens is 244 g/mol. The molecule has 0 aliphatic carbocycles. The monoisotopic (exact) mass is 258 g/mol. The fraction of sp³-hybridized carbons (Fsp3) is 0.143. The first-order chi connectivity index (χ1) is 9.15. The van der Waals surface area contributed by atoms with Crippen LogP contribution >= 0.6 is 0 Å². The van der Waals surface area contributed by atoms with Crippen molar-refractivity contribution in [1.82, 2.24) is 4.98 Å². The Hall–Kier alpha value is -2.56. The van der Waals surface area contributed by atoms with Gasteiger partial charge >= 0.3 is 5.97 Å². The molecule has 0 unspecified atom stereocenters. The second kappa shape index (κ2) is 5.86. The normalized spacial score (nSPS) is 11.8. The molecule has 2 rings (SSSR count). The van der Waals surface area contributed by atoms with Crippen LogP contribution in [0.1, 0.15) is 5.56 Å². The summed E-state index contributed by atoms with van der Waals surface area (Å²) >= 11 is 0. The first-order valence-electron chi connectivity index (χ1n) is 5.83. The van der Waals surface area contributed by atoms with Gasteiger partial charge in [-0.1, -0.05) is 18.2 Å². The fourth-order valence-corrected chi connectivity index (χ4v) is 1.69. The van der Waals surface area contributed by atoms with Crippen molar-refractivity contribution in [2.45, 2.75) is 12.5 Å². The fourth-order valence-electron chi connectivity index (χ4n) is 1.69. The van der Waals surface area contributed by atoms with E-state index in [2.05, 4.69) is 10.3 Å². The van der Waals surface area contributed by atoms with Gasteiger partial charge in [0.15, 0.2) is 0 Å². The summed E-state index contributed by atoms with van der Waals surface area (Å²) in [5.41, 5.74) is 0.827. The molecule has 0 radical (unpaired) electrons. The first kappa shape index (κ1) is 12.9. The molecule has 98 valence electrons. The van der Waals surface area contributed by atoms with Gasteiger partial charge in [-0.25, -0.2) is 9.78 Å². The number of nitrogens with one attached hydrogen (secondary N) is 1. The number of carbonyl (C=O) groups is 1. The number of nitrogens with zero attached hydrogens (tertiary/aromatic N) is 1. The topological polar surface area (TPSA) is 82.5 Å². The highest BCUT2D eigenvalue weighted by molar-refractivity contribution is 5.77. The van der Waals surface area contributed by atoms with Gasteiger partial charge in [0.1, 0.15) is 17.6 Å². The maximum absolute atomic E-state index is 11.2. The lowest BCUT2D eigenvalue weighted by atomic mass is 10.1. The summed E-state index contributed by atoms with van der Waals surface area (Å²) in [4.78, 5) is 15.3. The Kier molecular flexibility index (Phi) is 3.97. The number of hydrogen-bond acceptors (Lipinski definition) is 4. The van der Waals surface area contributed by atoms with Crippen molar-refractivity contribution in [3.63, 3.8) is 0 Å². The summed E-state index contributed by atoms with van der Waals surface area (Å²) < 4.78 is 0. The van der Waals surface area contributed by atoms with Crippen molar-refractivity contribution < 1.29 is 15.0 Å². The number of phenols is 1. The Morgan fingerprint density at radius 1 is 1.21 bits per heavy atom. The molecule has 0 saturated heterocycles. The summed E-state index contributed by atoms with van der Waals surface area (Å²) in [5.74, 6) is -0.263. The van der Waals surface area contributed by atoms with E-state index in [0.717, 1.165) is 5.56 Å². The number of anilines is 1. The van der Waals surface area contributed by atoms with Crippen LogP contribution in [0.25, 0.3) is 0 Å². The van der Waals surface area contributed by atoms with Gasteiger partial charge in [0.05, 0.1) is 0 Å². The smallest absolute Gasteiger partial charge is 0.326 e. The van der Waals surface area contributed by atoms with Gasteiger partial charge in [-0.05, 0) is 29.8 Å². The number of carboxylic acid groups (broad SMARTS) is 1. The number of phenolic OH excluding ortho intramolecular Hbond substituents is 1. The van der Waals surface area contributed by atoms with Crippen molar-refractivity contribution in [2.75, 3.05) is 5.32 Å². The first-order valence-corrected chi connectivity index (χ1v) is 5.83. The second-order valence-electron chi connectivity index (χ2n) is 4.12. The van der Waals surface area contributed by atoms with Crippen LogP contribution in [0.15, 0.2) is 48.7 Å². The third-order valence-electron chi connectivity index (χ3n) is 2.66. The van der Waals surface area contributed by atoms with Crippen LogP contribution in [0.3, 0.4) is 0 Å². The second-order valence-corrected chi connectivity index (χ2v) is 4.12. The number of hydrogen-bond donors (Lipinski definition) is 3. The van der Waals surface area contributed by atoms with Crippen LogP contribution < -0.4 is 5.32 Å². The van der Waals surface area contributed by atoms with Crippen molar-refractivity contribution in [1.29, 1.82) is 0 Å². The van der Waals surface area contributed by atoms with Crippen LogP contribution in [-0.4, -0.2) is 27.2 Å². The van der Waals surface area contributed by atoms with E-state index in [1.54, 1.807) is 36.5 Å². The third kappa shape index (κ3) is 3.70. The average Bonchev–Trinajstić information content (AvgIpc) is 2.41. The molecule has 0 spiro atoms. The Morgan fingerprint density at radius 2 is 1.95 bits per heavy atom. The lowest BCUT2D eigenvalue weighted by molar-refractivity contribution is -0.137. The molecule has 1 aromatic carbocycles. The predicted octanol–water partition coefficient (Wildman–Crippen LogP) is 1.89. The van der Waals surface area contributed by atoms with E-state index in [0.29, 0.717) is 12.2 Å². The van der Waals surface area contributed by atoms with Gasteiger partial charge in [-0.2, -0.15) is 0 Å². The molecule has 0 amide bonds. The van der Waals surface area contributed by atoms with Gasteiger partial charge in [-0.3, -0.25) is 0 Å². The molecule has 5 nitrogen and oxygen atoms in total. The van der Waals surface area contributed by atoms with Gasteiger partial charge < -0.3 is 15.5 Å². The third-order valence-corrected chi connectivity index (χ3v) is 2.66. The molecule has 1 aromatic heterocycles. The summed E-state index contributed by atoms with van der Waals surface area (Å²) in [6, 6.07) is 11.0. The van der Waals surface area contributed by atoms with Crippen LogP contribution in [0.4, 0.5) is 5.82 Å². The van der Waals surface area contributed by atoms with Crippen molar-refractivity contribution in [2.24, 2.45) is 0 Å². The van der Waals surface area contributed by atoms with Crippen molar-refractivity contribution >= 4 is 11.8 Å². The SMILES string of the molecule is O=C(O)[C@H](Cc1ccc(O)cc1)Nc1ccccn1. The Balaban J connectivity index is 2.08. The number of rotatable bonds is 5. The lowest BCUT2D eigenvalue weighted by Crippen LogP contribution is -2.31. The lowest BCUT2D eigenvalue weighted by Gasteiger charge is -2.15. The molecule has 0 bridgehead atoms. The Labute approximate surface area is 110 Å². The van der Waals surface area contributed by atoms with Crippen molar-refractivity contribution in [3.05, 3.63) is 54.2 Å². The number of aromatic nitrogens is 1. The Morgan fingerprint density at radius 3 is 2.53 bits per heavy atom. The molecule has 5 heteroatoms. The molecule has 2 aromatic rings. The summed E-state index contributed by atoms with van der Waals surface area (Å²) in [6.45, 7) is 0. The van der Waals surface area contributed by atoms with E-state index >= 15 is 0 Å². The van der Waals surface area contributed by atoms with Gasteiger partial charge in [-0.15, -0.1) is 0 Å². The van der Waals surface area contributed by atoms with Crippen LogP contribution in [-0.2, 0) is 11.2 Å². The quantitative estimate of drug-likeness (QED) is 0.763. The van der Waals surface area contributed by atoms with Gasteiger partial charge in [0, 0.05) is 12.6 Å². The largest absolute Gasteiger partial charge is 0.508 e. The van der Waals surface area contributed by atoms with Crippen molar-refractivity contribution in [3.8, 4) is 5.75 Å². The predicted molar refractivity (Wildman–Crippen MR) is 71.1 cm³/mol. The highest BCUT2D eigenvalue weighted by Crippen LogP contribution is 2.13. The summed E-state index contributed by atoms with van der Waals surface area (Å²) in [7, 11) is 0. The maximum atomic E-state index is 11.2. The van der Waals surface area contributed by atoms with E-state index in [9.17, 15) is 15.0 Å². The molecular formula is C14H14N2O3. The molecule has 0 saturated carbocycles. The van der Waals surface area contributed by atoms with E-state index < -0.39 is 12.0 Å². The molecule has 0 fully saturated rings. The van der Waals surface area contributed by atoms with E-state index in [1.807, 2.05) is 0 Å². The highest BCUT2D eigenvalue weighted by atomic mass is 16.4. The Bertz CT molecular complexity index is 540. The van der Waals surface area contributed by atoms with Crippen LogP contribution in [0.5, 0.6) is 5.75 Å². The zero-order valence-electron chi connectivity index (χ0n) is 10.2. The number of carboxylic acids is 1. The summed E-state index contributed by atoms with van der Waals surface area (Å²) in [5, 5.41) is 21.3. The number of aromatic hydroxyl groups is 1. The minimum atomic E-state index is -0.946.